The van der Waals surface area contributed by atoms with Crippen molar-refractivity contribution >= 4 is 17.9 Å². The summed E-state index contributed by atoms with van der Waals surface area (Å²) in [6.07, 6.45) is 2.22. The molecule has 0 saturated carbocycles. The summed E-state index contributed by atoms with van der Waals surface area (Å²) in [5.41, 5.74) is 5.27. The summed E-state index contributed by atoms with van der Waals surface area (Å²) in [6.45, 7) is 5.37. The lowest BCUT2D eigenvalue weighted by atomic mass is 9.96. The number of hydrogen-bond acceptors (Lipinski definition) is 4. The maximum Gasteiger partial charge on any atom is 0.325 e. The van der Waals surface area contributed by atoms with E-state index in [1.807, 2.05) is 6.92 Å². The SMILES string of the molecule is CCCN(CC(=O)OCC)C(=O)C1CCCN(C(N)=O)C1. The van der Waals surface area contributed by atoms with Gasteiger partial charge in [-0.15, -0.1) is 0 Å². The highest BCUT2D eigenvalue weighted by molar-refractivity contribution is 5.84. The lowest BCUT2D eigenvalue weighted by Gasteiger charge is -2.33. The number of nitrogens with zero attached hydrogens (tertiary/aromatic N) is 2. The zero-order valence-electron chi connectivity index (χ0n) is 12.8. The highest BCUT2D eigenvalue weighted by Crippen LogP contribution is 2.19. The summed E-state index contributed by atoms with van der Waals surface area (Å²) in [5, 5.41) is 0. The van der Waals surface area contributed by atoms with Crippen LogP contribution in [0.25, 0.3) is 0 Å². The van der Waals surface area contributed by atoms with Gasteiger partial charge in [-0.25, -0.2) is 4.79 Å². The van der Waals surface area contributed by atoms with Gasteiger partial charge in [0.25, 0.3) is 0 Å². The van der Waals surface area contributed by atoms with Gasteiger partial charge in [-0.2, -0.15) is 0 Å². The molecule has 0 radical (unpaired) electrons. The fourth-order valence-corrected chi connectivity index (χ4v) is 2.54. The van der Waals surface area contributed by atoms with Crippen LogP contribution in [-0.4, -0.2) is 60.5 Å². The molecular weight excluding hydrogens is 274 g/mol. The van der Waals surface area contributed by atoms with Crippen LogP contribution in [0.4, 0.5) is 4.79 Å². The van der Waals surface area contributed by atoms with Gasteiger partial charge in [0.15, 0.2) is 0 Å². The molecule has 2 N–H and O–H groups in total. The zero-order valence-corrected chi connectivity index (χ0v) is 12.8. The third-order valence-electron chi connectivity index (χ3n) is 3.51. The molecule has 1 aliphatic rings. The van der Waals surface area contributed by atoms with Gasteiger partial charge in [-0.1, -0.05) is 6.92 Å². The molecule has 0 spiro atoms. The molecule has 0 aliphatic carbocycles. The Morgan fingerprint density at radius 3 is 2.62 bits per heavy atom. The highest BCUT2D eigenvalue weighted by atomic mass is 16.5. The van der Waals surface area contributed by atoms with E-state index in [-0.39, 0.29) is 18.4 Å². The molecule has 7 nitrogen and oxygen atoms in total. The van der Waals surface area contributed by atoms with E-state index >= 15 is 0 Å². The first kappa shape index (κ1) is 17.3. The molecule has 0 aromatic rings. The van der Waals surface area contributed by atoms with Gasteiger partial charge >= 0.3 is 12.0 Å². The van der Waals surface area contributed by atoms with Gasteiger partial charge in [0.1, 0.15) is 6.54 Å². The third kappa shape index (κ3) is 5.24. The van der Waals surface area contributed by atoms with Crippen molar-refractivity contribution in [2.45, 2.75) is 33.1 Å². The Morgan fingerprint density at radius 1 is 1.33 bits per heavy atom. The molecular formula is C14H25N3O4. The maximum atomic E-state index is 12.5. The number of likely N-dealkylation sites (tertiary alicyclic amines) is 1. The minimum Gasteiger partial charge on any atom is -0.465 e. The Hall–Kier alpha value is -1.79. The van der Waals surface area contributed by atoms with Crippen molar-refractivity contribution in [3.63, 3.8) is 0 Å². The first-order valence-corrected chi connectivity index (χ1v) is 7.48. The molecule has 1 atom stereocenters. The molecule has 21 heavy (non-hydrogen) atoms. The minimum absolute atomic E-state index is 0.0341. The van der Waals surface area contributed by atoms with E-state index in [0.717, 1.165) is 12.8 Å². The van der Waals surface area contributed by atoms with Gasteiger partial charge in [0.05, 0.1) is 12.5 Å². The number of urea groups is 1. The second-order valence-electron chi connectivity index (χ2n) is 5.19. The Morgan fingerprint density at radius 2 is 2.05 bits per heavy atom. The number of piperidine rings is 1. The van der Waals surface area contributed by atoms with Crippen molar-refractivity contribution in [3.05, 3.63) is 0 Å². The van der Waals surface area contributed by atoms with Crippen LogP contribution in [0.2, 0.25) is 0 Å². The smallest absolute Gasteiger partial charge is 0.325 e. The number of nitrogens with two attached hydrogens (primary N) is 1. The molecule has 1 aliphatic heterocycles. The van der Waals surface area contributed by atoms with Crippen LogP contribution in [-0.2, 0) is 14.3 Å². The lowest BCUT2D eigenvalue weighted by molar-refractivity contribution is -0.150. The van der Waals surface area contributed by atoms with Crippen LogP contribution in [0.1, 0.15) is 33.1 Å². The molecule has 1 rings (SSSR count). The van der Waals surface area contributed by atoms with Crippen LogP contribution in [0.3, 0.4) is 0 Å². The number of rotatable bonds is 6. The monoisotopic (exact) mass is 299 g/mol. The normalized spacial score (nSPS) is 18.2. The molecule has 7 heteroatoms. The predicted octanol–water partition coefficient (Wildman–Crippen LogP) is 0.579. The Bertz CT molecular complexity index is 386. The number of esters is 1. The number of amides is 3. The molecule has 1 fully saturated rings. The molecule has 1 heterocycles. The third-order valence-corrected chi connectivity index (χ3v) is 3.51. The van der Waals surface area contributed by atoms with E-state index in [2.05, 4.69) is 0 Å². The van der Waals surface area contributed by atoms with E-state index in [4.69, 9.17) is 10.5 Å². The van der Waals surface area contributed by atoms with E-state index in [1.165, 1.54) is 9.80 Å². The van der Waals surface area contributed by atoms with Gasteiger partial charge in [-0.3, -0.25) is 9.59 Å². The quantitative estimate of drug-likeness (QED) is 0.726. The Labute approximate surface area is 125 Å². The number of carbonyl (C=O) groups is 3. The summed E-state index contributed by atoms with van der Waals surface area (Å²) in [6, 6.07) is -0.500. The molecule has 0 aromatic carbocycles. The molecule has 0 aromatic heterocycles. The van der Waals surface area contributed by atoms with E-state index in [9.17, 15) is 14.4 Å². The van der Waals surface area contributed by atoms with Gasteiger partial charge in [0.2, 0.25) is 5.91 Å². The fraction of sp³-hybridized carbons (Fsp3) is 0.786. The summed E-state index contributed by atoms with van der Waals surface area (Å²) in [5.74, 6) is -0.787. The maximum absolute atomic E-state index is 12.5. The predicted molar refractivity (Wildman–Crippen MR) is 77.4 cm³/mol. The number of carbonyl (C=O) groups excluding carboxylic acids is 3. The van der Waals surface area contributed by atoms with Crippen molar-refractivity contribution in [1.82, 2.24) is 9.80 Å². The van der Waals surface area contributed by atoms with Crippen LogP contribution < -0.4 is 5.73 Å². The summed E-state index contributed by atoms with van der Waals surface area (Å²) in [4.78, 5) is 38.4. The highest BCUT2D eigenvalue weighted by Gasteiger charge is 2.31. The molecule has 3 amide bonds. The topological polar surface area (TPSA) is 92.9 Å². The Kier molecular flexibility index (Phi) is 6.98. The van der Waals surface area contributed by atoms with Crippen molar-refractivity contribution in [2.75, 3.05) is 32.8 Å². The van der Waals surface area contributed by atoms with Gasteiger partial charge in [-0.05, 0) is 26.2 Å². The zero-order chi connectivity index (χ0) is 15.8. The molecule has 1 unspecified atom stereocenters. The summed E-state index contributed by atoms with van der Waals surface area (Å²) in [7, 11) is 0. The van der Waals surface area contributed by atoms with Crippen molar-refractivity contribution in [2.24, 2.45) is 11.7 Å². The van der Waals surface area contributed by atoms with Gasteiger partial charge in [0, 0.05) is 19.6 Å². The molecule has 120 valence electrons. The lowest BCUT2D eigenvalue weighted by Crippen LogP contribution is -2.49. The second-order valence-corrected chi connectivity index (χ2v) is 5.19. The number of ether oxygens (including phenoxy) is 1. The fourth-order valence-electron chi connectivity index (χ4n) is 2.54. The summed E-state index contributed by atoms with van der Waals surface area (Å²) < 4.78 is 4.90. The minimum atomic E-state index is -0.500. The van der Waals surface area contributed by atoms with Gasteiger partial charge < -0.3 is 20.3 Å². The van der Waals surface area contributed by atoms with E-state index < -0.39 is 12.0 Å². The van der Waals surface area contributed by atoms with Crippen molar-refractivity contribution in [1.29, 1.82) is 0 Å². The summed E-state index contributed by atoms with van der Waals surface area (Å²) >= 11 is 0. The van der Waals surface area contributed by atoms with Crippen LogP contribution >= 0.6 is 0 Å². The largest absolute Gasteiger partial charge is 0.465 e. The van der Waals surface area contributed by atoms with Crippen LogP contribution in [0.15, 0.2) is 0 Å². The molecule has 1 saturated heterocycles. The first-order valence-electron chi connectivity index (χ1n) is 7.48. The standard InChI is InChI=1S/C14H25N3O4/c1-3-7-16(10-12(18)21-4-2)13(19)11-6-5-8-17(9-11)14(15)20/h11H,3-10H2,1-2H3,(H2,15,20). The second kappa shape index (κ2) is 8.49. The number of primary amides is 1. The molecule has 0 bridgehead atoms. The van der Waals surface area contributed by atoms with E-state index in [0.29, 0.717) is 32.7 Å². The Balaban J connectivity index is 2.66. The van der Waals surface area contributed by atoms with Crippen molar-refractivity contribution < 1.29 is 19.1 Å². The van der Waals surface area contributed by atoms with Crippen molar-refractivity contribution in [3.8, 4) is 0 Å². The van der Waals surface area contributed by atoms with Crippen LogP contribution in [0, 0.1) is 5.92 Å². The number of hydrogen-bond donors (Lipinski definition) is 1. The first-order chi connectivity index (χ1) is 9.99. The van der Waals surface area contributed by atoms with E-state index in [1.54, 1.807) is 6.92 Å². The van der Waals surface area contributed by atoms with Crippen LogP contribution in [0.5, 0.6) is 0 Å². The average Bonchev–Trinajstić information content (AvgIpc) is 2.46. The average molecular weight is 299 g/mol.